The molecule has 0 spiro atoms. The Morgan fingerprint density at radius 2 is 2.00 bits per heavy atom. The number of rotatable bonds is 1. The molecule has 3 rings (SSSR count). The summed E-state index contributed by atoms with van der Waals surface area (Å²) in [5.41, 5.74) is 4.27. The van der Waals surface area contributed by atoms with Crippen LogP contribution < -0.4 is 0 Å². The normalized spacial score (nSPS) is 11.1. The Morgan fingerprint density at radius 1 is 1.12 bits per heavy atom. The number of hydrogen-bond donors (Lipinski definition) is 0. The first-order chi connectivity index (χ1) is 7.79. The minimum absolute atomic E-state index is 0.940. The molecular formula is C15H12O. The maximum atomic E-state index is 5.80. The summed E-state index contributed by atoms with van der Waals surface area (Å²) in [6, 6.07) is 12.3. The Hall–Kier alpha value is -2.02. The van der Waals surface area contributed by atoms with Crippen molar-refractivity contribution in [2.75, 3.05) is 0 Å². The molecule has 0 saturated carbocycles. The lowest BCUT2D eigenvalue weighted by Gasteiger charge is -1.95. The predicted octanol–water partition coefficient (Wildman–Crippen LogP) is 4.54. The van der Waals surface area contributed by atoms with E-state index in [1.165, 1.54) is 16.3 Å². The lowest BCUT2D eigenvalue weighted by atomic mass is 10.1. The molecule has 0 aliphatic rings. The Balaban J connectivity index is 2.54. The van der Waals surface area contributed by atoms with E-state index < -0.39 is 0 Å². The van der Waals surface area contributed by atoms with Gasteiger partial charge >= 0.3 is 0 Å². The van der Waals surface area contributed by atoms with Crippen molar-refractivity contribution in [3.8, 4) is 0 Å². The number of benzene rings is 2. The van der Waals surface area contributed by atoms with Gasteiger partial charge in [-0.25, -0.2) is 0 Å². The molecule has 0 amide bonds. The van der Waals surface area contributed by atoms with Crippen LogP contribution >= 0.6 is 0 Å². The molecule has 1 nitrogen and oxygen atoms in total. The highest BCUT2D eigenvalue weighted by Gasteiger charge is 2.08. The molecule has 0 aliphatic heterocycles. The van der Waals surface area contributed by atoms with E-state index in [9.17, 15) is 0 Å². The summed E-state index contributed by atoms with van der Waals surface area (Å²) in [7, 11) is 0. The molecule has 0 atom stereocenters. The second kappa shape index (κ2) is 3.24. The number of aryl methyl sites for hydroxylation is 1. The molecule has 1 aromatic heterocycles. The first kappa shape index (κ1) is 9.22. The van der Waals surface area contributed by atoms with Gasteiger partial charge in [-0.1, -0.05) is 30.9 Å². The number of fused-ring (bicyclic) bond motifs is 3. The SMILES string of the molecule is C=Cc1ccc2oc3cccc(C)c3c2c1. The summed E-state index contributed by atoms with van der Waals surface area (Å²) >= 11 is 0. The first-order valence-electron chi connectivity index (χ1n) is 5.34. The molecule has 0 saturated heterocycles. The van der Waals surface area contributed by atoms with Crippen molar-refractivity contribution in [1.82, 2.24) is 0 Å². The minimum Gasteiger partial charge on any atom is -0.456 e. The van der Waals surface area contributed by atoms with Gasteiger partial charge in [0.25, 0.3) is 0 Å². The van der Waals surface area contributed by atoms with Crippen LogP contribution in [0.15, 0.2) is 47.4 Å². The van der Waals surface area contributed by atoms with Crippen molar-refractivity contribution < 1.29 is 4.42 Å². The van der Waals surface area contributed by atoms with Gasteiger partial charge < -0.3 is 4.42 Å². The zero-order chi connectivity index (χ0) is 11.1. The molecule has 1 heteroatoms. The third-order valence-corrected chi connectivity index (χ3v) is 2.96. The maximum absolute atomic E-state index is 5.80. The highest BCUT2D eigenvalue weighted by molar-refractivity contribution is 6.07. The number of furan rings is 1. The molecule has 0 unspecified atom stereocenters. The summed E-state index contributed by atoms with van der Waals surface area (Å²) in [5, 5.41) is 2.38. The molecular weight excluding hydrogens is 196 g/mol. The van der Waals surface area contributed by atoms with Gasteiger partial charge in [-0.3, -0.25) is 0 Å². The molecule has 2 aromatic carbocycles. The summed E-state index contributed by atoms with van der Waals surface area (Å²) in [5.74, 6) is 0. The van der Waals surface area contributed by atoms with Crippen LogP contribution in [0.25, 0.3) is 28.0 Å². The van der Waals surface area contributed by atoms with E-state index in [-0.39, 0.29) is 0 Å². The van der Waals surface area contributed by atoms with E-state index >= 15 is 0 Å². The molecule has 1 heterocycles. The van der Waals surface area contributed by atoms with Gasteiger partial charge in [0.05, 0.1) is 0 Å². The molecule has 3 aromatic rings. The Kier molecular flexibility index (Phi) is 1.87. The van der Waals surface area contributed by atoms with E-state index in [1.807, 2.05) is 30.3 Å². The fourth-order valence-corrected chi connectivity index (χ4v) is 2.15. The highest BCUT2D eigenvalue weighted by Crippen LogP contribution is 2.31. The van der Waals surface area contributed by atoms with Crippen LogP contribution in [0, 0.1) is 6.92 Å². The van der Waals surface area contributed by atoms with Gasteiger partial charge in [-0.15, -0.1) is 0 Å². The molecule has 78 valence electrons. The quantitative estimate of drug-likeness (QED) is 0.572. The Bertz CT molecular complexity index is 689. The molecule has 0 fully saturated rings. The largest absolute Gasteiger partial charge is 0.456 e. The van der Waals surface area contributed by atoms with Crippen molar-refractivity contribution >= 4 is 28.0 Å². The van der Waals surface area contributed by atoms with Crippen molar-refractivity contribution in [3.63, 3.8) is 0 Å². The standard InChI is InChI=1S/C15H12O/c1-3-11-7-8-13-12(9-11)15-10(2)5-4-6-14(15)16-13/h3-9H,1H2,2H3. The van der Waals surface area contributed by atoms with Crippen LogP contribution in [0.5, 0.6) is 0 Å². The van der Waals surface area contributed by atoms with Crippen LogP contribution in [0.3, 0.4) is 0 Å². The molecule has 0 aliphatic carbocycles. The van der Waals surface area contributed by atoms with Gasteiger partial charge in [-0.2, -0.15) is 0 Å². The molecule has 0 radical (unpaired) electrons. The number of hydrogen-bond acceptors (Lipinski definition) is 1. The third-order valence-electron chi connectivity index (χ3n) is 2.96. The van der Waals surface area contributed by atoms with Gasteiger partial charge in [0, 0.05) is 10.8 Å². The second-order valence-corrected chi connectivity index (χ2v) is 4.01. The Labute approximate surface area is 94.0 Å². The lowest BCUT2D eigenvalue weighted by Crippen LogP contribution is -1.74. The van der Waals surface area contributed by atoms with Crippen LogP contribution in [-0.2, 0) is 0 Å². The zero-order valence-corrected chi connectivity index (χ0v) is 9.16. The molecule has 0 N–H and O–H groups in total. The monoisotopic (exact) mass is 208 g/mol. The minimum atomic E-state index is 0.940. The topological polar surface area (TPSA) is 13.1 Å². The first-order valence-corrected chi connectivity index (χ1v) is 5.34. The van der Waals surface area contributed by atoms with E-state index in [0.717, 1.165) is 16.7 Å². The summed E-state index contributed by atoms with van der Waals surface area (Å²) in [4.78, 5) is 0. The van der Waals surface area contributed by atoms with E-state index in [0.29, 0.717) is 0 Å². The average molecular weight is 208 g/mol. The van der Waals surface area contributed by atoms with Crippen molar-refractivity contribution in [2.24, 2.45) is 0 Å². The van der Waals surface area contributed by atoms with Gasteiger partial charge in [0.15, 0.2) is 0 Å². The fourth-order valence-electron chi connectivity index (χ4n) is 2.15. The van der Waals surface area contributed by atoms with Crippen LogP contribution in [0.2, 0.25) is 0 Å². The molecule has 0 bridgehead atoms. The van der Waals surface area contributed by atoms with Crippen molar-refractivity contribution in [3.05, 3.63) is 54.1 Å². The predicted molar refractivity (Wildman–Crippen MR) is 68.5 cm³/mol. The fraction of sp³-hybridized carbons (Fsp3) is 0.0667. The lowest BCUT2D eigenvalue weighted by molar-refractivity contribution is 0.669. The summed E-state index contributed by atoms with van der Waals surface area (Å²) < 4.78 is 5.80. The van der Waals surface area contributed by atoms with Crippen LogP contribution in [0.1, 0.15) is 11.1 Å². The van der Waals surface area contributed by atoms with Gasteiger partial charge in [0.1, 0.15) is 11.2 Å². The van der Waals surface area contributed by atoms with E-state index in [1.54, 1.807) is 0 Å². The van der Waals surface area contributed by atoms with Crippen LogP contribution in [-0.4, -0.2) is 0 Å². The van der Waals surface area contributed by atoms with E-state index in [2.05, 4.69) is 25.6 Å². The highest BCUT2D eigenvalue weighted by atomic mass is 16.3. The zero-order valence-electron chi connectivity index (χ0n) is 9.16. The average Bonchev–Trinajstić information content (AvgIpc) is 2.67. The summed E-state index contributed by atoms with van der Waals surface area (Å²) in [6.45, 7) is 5.90. The Morgan fingerprint density at radius 3 is 2.81 bits per heavy atom. The van der Waals surface area contributed by atoms with Crippen molar-refractivity contribution in [2.45, 2.75) is 6.92 Å². The second-order valence-electron chi connectivity index (χ2n) is 4.01. The maximum Gasteiger partial charge on any atom is 0.135 e. The van der Waals surface area contributed by atoms with Gasteiger partial charge in [-0.05, 0) is 36.2 Å². The van der Waals surface area contributed by atoms with E-state index in [4.69, 9.17) is 4.42 Å². The smallest absolute Gasteiger partial charge is 0.135 e. The molecule has 16 heavy (non-hydrogen) atoms. The third kappa shape index (κ3) is 1.18. The summed E-state index contributed by atoms with van der Waals surface area (Å²) in [6.07, 6.45) is 1.86. The van der Waals surface area contributed by atoms with Gasteiger partial charge in [0.2, 0.25) is 0 Å². The van der Waals surface area contributed by atoms with Crippen LogP contribution in [0.4, 0.5) is 0 Å². The van der Waals surface area contributed by atoms with Crippen molar-refractivity contribution in [1.29, 1.82) is 0 Å².